The first-order valence-corrected chi connectivity index (χ1v) is 1.50. The molecule has 0 amide bonds. The summed E-state index contributed by atoms with van der Waals surface area (Å²) in [5, 5.41) is 0. The van der Waals surface area contributed by atoms with Crippen LogP contribution in [0.3, 0.4) is 0 Å². The molecule has 6 heteroatoms. The van der Waals surface area contributed by atoms with Crippen LogP contribution in [0.15, 0.2) is 0 Å². The van der Waals surface area contributed by atoms with Crippen molar-refractivity contribution in [1.29, 1.82) is 0 Å². The molecule has 0 saturated heterocycles. The van der Waals surface area contributed by atoms with Crippen LogP contribution in [0.4, 0.5) is 0 Å². The van der Waals surface area contributed by atoms with Crippen LogP contribution in [0.25, 0.3) is 0 Å². The Bertz CT molecular complexity index is 20.5. The van der Waals surface area contributed by atoms with Gasteiger partial charge in [0.25, 0.3) is 0 Å². The Balaban J connectivity index is -0.000000000179. The third kappa shape index (κ3) is 26.2. The first kappa shape index (κ1) is 34.3. The van der Waals surface area contributed by atoms with E-state index >= 15 is 0 Å². The standard InChI is InChI=1S/Ba.2H2O.O.Sr.Zn.4H/h;2*1H2;;;;;;;/q+2;;;;+2;;4*-1. The molecule has 0 atom stereocenters. The zero-order valence-corrected chi connectivity index (χ0v) is 14.4. The van der Waals surface area contributed by atoms with Crippen LogP contribution in [0.1, 0.15) is 5.71 Å². The van der Waals surface area contributed by atoms with Crippen molar-refractivity contribution in [3.8, 4) is 0 Å². The smallest absolute Gasteiger partial charge is 2.00 e. The summed E-state index contributed by atoms with van der Waals surface area (Å²) in [7, 11) is 0. The minimum atomic E-state index is 0. The van der Waals surface area contributed by atoms with Crippen molar-refractivity contribution < 1.29 is 38.5 Å². The molecule has 0 aliphatic rings. The van der Waals surface area contributed by atoms with Gasteiger partial charge in [-0.15, -0.1) is 0 Å². The molecule has 0 aliphatic heterocycles. The predicted molar refractivity (Wildman–Crippen MR) is 23.9 cm³/mol. The van der Waals surface area contributed by atoms with E-state index in [-0.39, 0.29) is 129 Å². The molecule has 6 heavy (non-hydrogen) atoms. The summed E-state index contributed by atoms with van der Waals surface area (Å²) in [6.07, 6.45) is 0. The van der Waals surface area contributed by atoms with E-state index in [0.717, 1.165) is 0 Å². The predicted octanol–water partition coefficient (Wildman–Crippen LogP) is -2.08. The SMILES string of the molecule is O.O.[Ba+2].[H-].[H-].[H-].[H-].[O]=[Zn].[Sr+2]. The maximum Gasteiger partial charge on any atom is 2.00 e. The van der Waals surface area contributed by atoms with Crippen LogP contribution in [0, 0.1) is 0 Å². The van der Waals surface area contributed by atoms with Crippen LogP contribution in [-0.4, -0.2) is 105 Å². The molecule has 32 valence electrons. The Morgan fingerprint density at radius 1 is 1.17 bits per heavy atom. The molecule has 0 spiro atoms. The van der Waals surface area contributed by atoms with Gasteiger partial charge in [0.2, 0.25) is 0 Å². The molecule has 0 aliphatic carbocycles. The molecular weight excluding hydrogens is 338 g/mol. The number of hydrogen-bond acceptors (Lipinski definition) is 1. The van der Waals surface area contributed by atoms with E-state index in [1.165, 1.54) is 0 Å². The van der Waals surface area contributed by atoms with E-state index in [9.17, 15) is 0 Å². The van der Waals surface area contributed by atoms with Crippen molar-refractivity contribution in [2.45, 2.75) is 0 Å². The monoisotopic (exact) mass is 346 g/mol. The maximum atomic E-state index is 8.38. The Kier molecular flexibility index (Phi) is 228. The second-order valence-electron chi connectivity index (χ2n) is 0. The van der Waals surface area contributed by atoms with Crippen LogP contribution < -0.4 is 0 Å². The van der Waals surface area contributed by atoms with E-state index in [2.05, 4.69) is 0 Å². The molecule has 4 N–H and O–H groups in total. The Labute approximate surface area is 129 Å². The molecule has 0 bridgehead atoms. The zero-order chi connectivity index (χ0) is 2.00. The van der Waals surface area contributed by atoms with Gasteiger partial charge in [-0.05, 0) is 0 Å². The Hall–Kier alpha value is 3.40. The number of rotatable bonds is 0. The molecule has 0 aromatic carbocycles. The van der Waals surface area contributed by atoms with Crippen molar-refractivity contribution in [1.82, 2.24) is 0 Å². The molecule has 3 nitrogen and oxygen atoms in total. The summed E-state index contributed by atoms with van der Waals surface area (Å²) >= 11 is 0.125. The molecule has 0 saturated carbocycles. The fourth-order valence-electron chi connectivity index (χ4n) is 0. The second-order valence-corrected chi connectivity index (χ2v) is 0. The summed E-state index contributed by atoms with van der Waals surface area (Å²) < 4.78 is 8.38. The summed E-state index contributed by atoms with van der Waals surface area (Å²) in [5.74, 6) is 0. The van der Waals surface area contributed by atoms with Gasteiger partial charge in [-0.1, -0.05) is 0 Å². The van der Waals surface area contributed by atoms with E-state index in [1.54, 1.807) is 0 Å². The zero-order valence-electron chi connectivity index (χ0n) is 7.53. The third-order valence-electron chi connectivity index (χ3n) is 0. The molecule has 0 heterocycles. The number of hydrogen-bond donors (Lipinski definition) is 0. The molecule has 0 unspecified atom stereocenters. The van der Waals surface area contributed by atoms with Gasteiger partial charge in [-0.3, -0.25) is 0 Å². The van der Waals surface area contributed by atoms with Gasteiger partial charge in [-0.25, -0.2) is 0 Å². The van der Waals surface area contributed by atoms with Gasteiger partial charge in [0.15, 0.2) is 0 Å². The van der Waals surface area contributed by atoms with Gasteiger partial charge in [-0.2, -0.15) is 0 Å². The average molecular weight is 346 g/mol. The first-order valence-electron chi connectivity index (χ1n) is 0.289. The summed E-state index contributed by atoms with van der Waals surface area (Å²) in [4.78, 5) is 0. The molecule has 0 fully saturated rings. The van der Waals surface area contributed by atoms with Crippen LogP contribution in [0.2, 0.25) is 0 Å². The molecule has 0 radical (unpaired) electrons. The second kappa shape index (κ2) is 39.8. The summed E-state index contributed by atoms with van der Waals surface area (Å²) in [5.41, 5.74) is 0. The van der Waals surface area contributed by atoms with Crippen molar-refractivity contribution in [2.24, 2.45) is 0 Å². The Morgan fingerprint density at radius 3 is 1.17 bits per heavy atom. The third-order valence-corrected chi connectivity index (χ3v) is 0. The fourth-order valence-corrected chi connectivity index (χ4v) is 0. The topological polar surface area (TPSA) is 80.1 Å². The van der Waals surface area contributed by atoms with Crippen molar-refractivity contribution in [3.63, 3.8) is 0 Å². The van der Waals surface area contributed by atoms with E-state index in [1.807, 2.05) is 0 Å². The molecule has 0 aromatic heterocycles. The van der Waals surface area contributed by atoms with Gasteiger partial charge < -0.3 is 16.7 Å². The van der Waals surface area contributed by atoms with E-state index in [0.29, 0.717) is 0 Å². The summed E-state index contributed by atoms with van der Waals surface area (Å²) in [6.45, 7) is 0. The van der Waals surface area contributed by atoms with Crippen molar-refractivity contribution in [3.05, 3.63) is 0 Å². The van der Waals surface area contributed by atoms with E-state index in [4.69, 9.17) is 3.57 Å². The molecule has 0 rings (SSSR count). The Morgan fingerprint density at radius 2 is 1.17 bits per heavy atom. The van der Waals surface area contributed by atoms with Crippen LogP contribution >= 0.6 is 0 Å². The molecular formula is H8BaO3SrZn. The average Bonchev–Trinajstić information content (AvgIpc) is 1.00. The maximum absolute atomic E-state index is 8.38. The van der Waals surface area contributed by atoms with Crippen LogP contribution in [0.5, 0.6) is 0 Å². The minimum absolute atomic E-state index is 0. The van der Waals surface area contributed by atoms with Gasteiger partial charge >= 0.3 is 116 Å². The van der Waals surface area contributed by atoms with Crippen molar-refractivity contribution >= 4 is 94.4 Å². The van der Waals surface area contributed by atoms with Gasteiger partial charge in [0, 0.05) is 0 Å². The fraction of sp³-hybridized carbons (Fsp3) is 0. The molecule has 0 aromatic rings. The van der Waals surface area contributed by atoms with Crippen molar-refractivity contribution in [2.75, 3.05) is 0 Å². The minimum Gasteiger partial charge on any atom is 2.00 e. The van der Waals surface area contributed by atoms with Gasteiger partial charge in [0.1, 0.15) is 0 Å². The van der Waals surface area contributed by atoms with Crippen LogP contribution in [-0.2, 0) is 21.8 Å². The quantitative estimate of drug-likeness (QED) is 0.464. The largest absolute Gasteiger partial charge is 2.00 e. The van der Waals surface area contributed by atoms with E-state index < -0.39 is 0 Å². The first-order chi connectivity index (χ1) is 1.00. The normalized spacial score (nSPS) is 1.00. The van der Waals surface area contributed by atoms with Gasteiger partial charge in [0.05, 0.1) is 0 Å². The summed E-state index contributed by atoms with van der Waals surface area (Å²) in [6, 6.07) is 0.